The molecule has 0 aromatic heterocycles. The van der Waals surface area contributed by atoms with Crippen LogP contribution in [0.15, 0.2) is 18.2 Å². The summed E-state index contributed by atoms with van der Waals surface area (Å²) in [5.41, 5.74) is -1.11. The van der Waals surface area contributed by atoms with Crippen molar-refractivity contribution in [1.82, 2.24) is 0 Å². The van der Waals surface area contributed by atoms with Crippen molar-refractivity contribution in [1.29, 1.82) is 0 Å². The Kier molecular flexibility index (Phi) is 5.22. The number of hydrogen-bond acceptors (Lipinski definition) is 2. The molecule has 2 nitrogen and oxygen atoms in total. The van der Waals surface area contributed by atoms with Crippen molar-refractivity contribution >= 4 is 0 Å². The summed E-state index contributed by atoms with van der Waals surface area (Å²) in [6, 6.07) is 2.19. The SMILES string of the molecule is OC(CCCC1CCCO1)c1cc(F)cc(C(F)(F)F)c1. The van der Waals surface area contributed by atoms with Crippen LogP contribution >= 0.6 is 0 Å². The van der Waals surface area contributed by atoms with E-state index < -0.39 is 23.7 Å². The molecule has 2 unspecified atom stereocenters. The predicted octanol–water partition coefficient (Wildman–Crippen LogP) is 4.23. The Bertz CT molecular complexity index is 467. The van der Waals surface area contributed by atoms with Gasteiger partial charge in [0.15, 0.2) is 0 Å². The number of halogens is 4. The van der Waals surface area contributed by atoms with Gasteiger partial charge in [-0.25, -0.2) is 4.39 Å². The maximum Gasteiger partial charge on any atom is 0.416 e. The first-order chi connectivity index (χ1) is 9.86. The highest BCUT2D eigenvalue weighted by molar-refractivity contribution is 5.28. The lowest BCUT2D eigenvalue weighted by molar-refractivity contribution is -0.137. The summed E-state index contributed by atoms with van der Waals surface area (Å²) in [6.07, 6.45) is -1.85. The van der Waals surface area contributed by atoms with Crippen molar-refractivity contribution in [2.45, 2.75) is 50.5 Å². The molecule has 0 saturated carbocycles. The molecule has 0 spiro atoms. The Morgan fingerprint density at radius 1 is 1.29 bits per heavy atom. The third-order valence-electron chi connectivity index (χ3n) is 3.66. The maximum absolute atomic E-state index is 13.3. The van der Waals surface area contributed by atoms with Gasteiger partial charge in [-0.05, 0) is 55.9 Å². The number of ether oxygens (including phenoxy) is 1. The summed E-state index contributed by atoms with van der Waals surface area (Å²) in [7, 11) is 0. The van der Waals surface area contributed by atoms with E-state index in [1.54, 1.807) is 0 Å². The first kappa shape index (κ1) is 16.2. The first-order valence-corrected chi connectivity index (χ1v) is 7.03. The summed E-state index contributed by atoms with van der Waals surface area (Å²) in [5, 5.41) is 9.93. The van der Waals surface area contributed by atoms with E-state index in [0.29, 0.717) is 18.9 Å². The molecular weight excluding hydrogens is 288 g/mol. The fourth-order valence-electron chi connectivity index (χ4n) is 2.55. The van der Waals surface area contributed by atoms with Crippen molar-refractivity contribution in [3.63, 3.8) is 0 Å². The number of alkyl halides is 3. The molecule has 1 aromatic carbocycles. The number of aliphatic hydroxyl groups is 1. The molecule has 1 aliphatic heterocycles. The van der Waals surface area contributed by atoms with E-state index in [4.69, 9.17) is 4.74 Å². The van der Waals surface area contributed by atoms with Crippen LogP contribution in [0.2, 0.25) is 0 Å². The van der Waals surface area contributed by atoms with Crippen LogP contribution in [-0.2, 0) is 10.9 Å². The maximum atomic E-state index is 13.3. The van der Waals surface area contributed by atoms with E-state index in [1.807, 2.05) is 0 Å². The van der Waals surface area contributed by atoms with Gasteiger partial charge in [-0.15, -0.1) is 0 Å². The summed E-state index contributed by atoms with van der Waals surface area (Å²) in [5.74, 6) is -0.988. The van der Waals surface area contributed by atoms with Gasteiger partial charge in [0.2, 0.25) is 0 Å². The van der Waals surface area contributed by atoms with E-state index in [1.165, 1.54) is 0 Å². The van der Waals surface area contributed by atoms with Crippen LogP contribution in [0.5, 0.6) is 0 Å². The van der Waals surface area contributed by atoms with Gasteiger partial charge in [-0.1, -0.05) is 0 Å². The van der Waals surface area contributed by atoms with Crippen LogP contribution < -0.4 is 0 Å². The van der Waals surface area contributed by atoms with Gasteiger partial charge < -0.3 is 9.84 Å². The van der Waals surface area contributed by atoms with Gasteiger partial charge in [0.25, 0.3) is 0 Å². The van der Waals surface area contributed by atoms with Crippen molar-refractivity contribution in [3.8, 4) is 0 Å². The molecule has 2 atom stereocenters. The molecule has 1 fully saturated rings. The Labute approximate surface area is 120 Å². The monoisotopic (exact) mass is 306 g/mol. The molecule has 6 heteroatoms. The van der Waals surface area contributed by atoms with E-state index >= 15 is 0 Å². The molecule has 118 valence electrons. The Morgan fingerprint density at radius 2 is 2.05 bits per heavy atom. The molecule has 21 heavy (non-hydrogen) atoms. The van der Waals surface area contributed by atoms with Gasteiger partial charge in [0.1, 0.15) is 5.82 Å². The third kappa shape index (κ3) is 4.68. The van der Waals surface area contributed by atoms with Gasteiger partial charge in [-0.3, -0.25) is 0 Å². The van der Waals surface area contributed by atoms with E-state index in [2.05, 4.69) is 0 Å². The highest BCUT2D eigenvalue weighted by Gasteiger charge is 2.32. The highest BCUT2D eigenvalue weighted by Crippen LogP contribution is 2.32. The van der Waals surface area contributed by atoms with Crippen molar-refractivity contribution in [2.75, 3.05) is 6.61 Å². The number of aliphatic hydroxyl groups excluding tert-OH is 1. The molecule has 0 aliphatic carbocycles. The number of rotatable bonds is 5. The summed E-state index contributed by atoms with van der Waals surface area (Å²) in [6.45, 7) is 0.742. The van der Waals surface area contributed by atoms with Crippen LogP contribution in [-0.4, -0.2) is 17.8 Å². The van der Waals surface area contributed by atoms with Crippen LogP contribution in [0.25, 0.3) is 0 Å². The smallest absolute Gasteiger partial charge is 0.388 e. The molecule has 1 N–H and O–H groups in total. The predicted molar refractivity (Wildman–Crippen MR) is 69.2 cm³/mol. The molecule has 0 radical (unpaired) electrons. The fraction of sp³-hybridized carbons (Fsp3) is 0.600. The minimum Gasteiger partial charge on any atom is -0.388 e. The van der Waals surface area contributed by atoms with Gasteiger partial charge in [-0.2, -0.15) is 13.2 Å². The molecule has 1 saturated heterocycles. The van der Waals surface area contributed by atoms with Gasteiger partial charge in [0, 0.05) is 6.61 Å². The molecule has 2 rings (SSSR count). The Balaban J connectivity index is 1.94. The van der Waals surface area contributed by atoms with Crippen LogP contribution in [0.3, 0.4) is 0 Å². The molecule has 0 amide bonds. The summed E-state index contributed by atoms with van der Waals surface area (Å²) >= 11 is 0. The summed E-state index contributed by atoms with van der Waals surface area (Å²) < 4.78 is 56.5. The minimum atomic E-state index is -4.62. The minimum absolute atomic E-state index is 0.0327. The van der Waals surface area contributed by atoms with E-state index in [-0.39, 0.29) is 11.7 Å². The second-order valence-electron chi connectivity index (χ2n) is 5.35. The lowest BCUT2D eigenvalue weighted by Gasteiger charge is -2.15. The quantitative estimate of drug-likeness (QED) is 0.825. The van der Waals surface area contributed by atoms with E-state index in [9.17, 15) is 22.7 Å². The normalized spacial score (nSPS) is 20.7. The lowest BCUT2D eigenvalue weighted by Crippen LogP contribution is -2.09. The van der Waals surface area contributed by atoms with Crippen LogP contribution in [0, 0.1) is 5.82 Å². The molecule has 1 aromatic rings. The second-order valence-corrected chi connectivity index (χ2v) is 5.35. The zero-order valence-corrected chi connectivity index (χ0v) is 11.5. The first-order valence-electron chi connectivity index (χ1n) is 7.03. The number of benzene rings is 1. The topological polar surface area (TPSA) is 29.5 Å². The van der Waals surface area contributed by atoms with Crippen molar-refractivity contribution in [2.24, 2.45) is 0 Å². The highest BCUT2D eigenvalue weighted by atomic mass is 19.4. The zero-order chi connectivity index (χ0) is 15.5. The molecule has 1 aliphatic rings. The second kappa shape index (κ2) is 6.75. The third-order valence-corrected chi connectivity index (χ3v) is 3.66. The largest absolute Gasteiger partial charge is 0.416 e. The Morgan fingerprint density at radius 3 is 2.67 bits per heavy atom. The lowest BCUT2D eigenvalue weighted by atomic mass is 9.99. The fourth-order valence-corrected chi connectivity index (χ4v) is 2.55. The summed E-state index contributed by atoms with van der Waals surface area (Å²) in [4.78, 5) is 0. The number of hydrogen-bond donors (Lipinski definition) is 1. The average Bonchev–Trinajstić information content (AvgIpc) is 2.90. The molecule has 1 heterocycles. The average molecular weight is 306 g/mol. The molecule has 0 bridgehead atoms. The van der Waals surface area contributed by atoms with Crippen molar-refractivity contribution < 1.29 is 27.4 Å². The standard InChI is InChI=1S/C15H18F4O2/c16-12-8-10(7-11(9-12)15(17,18)19)14(20)5-1-3-13-4-2-6-21-13/h7-9,13-14,20H,1-6H2. The van der Waals surface area contributed by atoms with Gasteiger partial charge >= 0.3 is 6.18 Å². The van der Waals surface area contributed by atoms with Crippen LogP contribution in [0.1, 0.15) is 49.3 Å². The molecular formula is C15H18F4O2. The Hall–Kier alpha value is -1.14. The van der Waals surface area contributed by atoms with E-state index in [0.717, 1.165) is 38.0 Å². The van der Waals surface area contributed by atoms with Crippen LogP contribution in [0.4, 0.5) is 17.6 Å². The zero-order valence-electron chi connectivity index (χ0n) is 11.5. The van der Waals surface area contributed by atoms with Crippen molar-refractivity contribution in [3.05, 3.63) is 35.1 Å². The van der Waals surface area contributed by atoms with Gasteiger partial charge in [0.05, 0.1) is 17.8 Å².